The number of benzene rings is 2. The molecule has 0 spiro atoms. The predicted molar refractivity (Wildman–Crippen MR) is 149 cm³/mol. The first-order valence-corrected chi connectivity index (χ1v) is 13.0. The maximum absolute atomic E-state index is 3.75. The van der Waals surface area contributed by atoms with Crippen LogP contribution < -0.4 is 16.0 Å². The van der Waals surface area contributed by atoms with Crippen molar-refractivity contribution in [2.45, 2.75) is 92.9 Å². The van der Waals surface area contributed by atoms with E-state index in [9.17, 15) is 0 Å². The van der Waals surface area contributed by atoms with E-state index in [-0.39, 0.29) is 17.1 Å². The molecule has 4 heteroatoms. The van der Waals surface area contributed by atoms with Gasteiger partial charge in [0.25, 0.3) is 0 Å². The molecule has 0 aliphatic heterocycles. The molecule has 0 amide bonds. The van der Waals surface area contributed by atoms with Crippen LogP contribution in [0.5, 0.6) is 0 Å². The van der Waals surface area contributed by atoms with Gasteiger partial charge in [-0.25, -0.2) is 0 Å². The fraction of sp³-hybridized carbons (Fsp3) is 0.600. The van der Waals surface area contributed by atoms with Crippen molar-refractivity contribution in [3.05, 3.63) is 57.6 Å². The van der Waals surface area contributed by atoms with Crippen molar-refractivity contribution in [1.29, 1.82) is 0 Å². The minimum Gasteiger partial charge on any atom is -0.383 e. The Morgan fingerprint density at radius 1 is 0.500 bits per heavy atom. The molecule has 0 radical (unpaired) electrons. The van der Waals surface area contributed by atoms with E-state index in [4.69, 9.17) is 0 Å². The summed E-state index contributed by atoms with van der Waals surface area (Å²) >= 11 is 0. The molecule has 3 N–H and O–H groups in total. The summed E-state index contributed by atoms with van der Waals surface area (Å²) in [7, 11) is 0. The third-order valence-corrected chi connectivity index (χ3v) is 6.38. The van der Waals surface area contributed by atoms with E-state index in [0.29, 0.717) is 23.7 Å². The van der Waals surface area contributed by atoms with E-state index in [1.54, 1.807) is 0 Å². The molecule has 2 aromatic rings. The quantitative estimate of drug-likeness (QED) is 0.202. The fourth-order valence-corrected chi connectivity index (χ4v) is 4.59. The molecule has 34 heavy (non-hydrogen) atoms. The maximum Gasteiger partial charge on any atom is 0.0411 e. The van der Waals surface area contributed by atoms with Gasteiger partial charge in [-0.2, -0.15) is 0 Å². The second-order valence-electron chi connectivity index (χ2n) is 10.9. The van der Waals surface area contributed by atoms with Gasteiger partial charge in [-0.15, -0.1) is 0 Å². The van der Waals surface area contributed by atoms with E-state index in [1.807, 2.05) is 0 Å². The van der Waals surface area contributed by atoms with Gasteiger partial charge in [0.15, 0.2) is 0 Å². The molecule has 0 aliphatic carbocycles. The van der Waals surface area contributed by atoms with Crippen molar-refractivity contribution in [1.82, 2.24) is 5.32 Å². The van der Waals surface area contributed by atoms with Gasteiger partial charge in [0, 0.05) is 54.6 Å². The summed E-state index contributed by atoms with van der Waals surface area (Å²) in [6.45, 7) is 26.5. The molecule has 0 saturated carbocycles. The monoisotopic (exact) mass is 507 g/mol. The Hall–Kier alpha value is -1.48. The number of aryl methyl sites for hydroxylation is 2. The maximum atomic E-state index is 3.75. The van der Waals surface area contributed by atoms with Gasteiger partial charge < -0.3 is 16.0 Å². The third kappa shape index (κ3) is 8.33. The number of nitrogens with one attached hydrogen (secondary N) is 3. The van der Waals surface area contributed by atoms with Gasteiger partial charge in [0.1, 0.15) is 0 Å². The Morgan fingerprint density at radius 3 is 1.00 bits per heavy atom. The zero-order chi connectivity index (χ0) is 24.7. The smallest absolute Gasteiger partial charge is 0.0411 e. The molecule has 0 saturated heterocycles. The van der Waals surface area contributed by atoms with Crippen LogP contribution in [-0.4, -0.2) is 26.2 Å². The average molecular weight is 508 g/mol. The second-order valence-corrected chi connectivity index (χ2v) is 10.9. The van der Waals surface area contributed by atoms with Crippen LogP contribution in [0.4, 0.5) is 11.4 Å². The largest absolute Gasteiger partial charge is 0.383 e. The Kier molecular flexibility index (Phi) is 12.7. The summed E-state index contributed by atoms with van der Waals surface area (Å²) in [4.78, 5) is 0. The molecular formula is C30H49FeN3. The number of hydrogen-bond donors (Lipinski definition) is 3. The molecule has 0 aliphatic rings. The van der Waals surface area contributed by atoms with Crippen molar-refractivity contribution in [2.24, 2.45) is 0 Å². The standard InChI is InChI=1S/C30H49N3.Fe/c1-19(2)25-15-23(9)16-26(20(3)4)29(25)32-13-11-31-12-14-33-30-27(21(5)6)17-24(10)18-28(30)22(7)8;/h15-22,31-33H,11-14H2,1-10H3;. The molecule has 0 heterocycles. The van der Waals surface area contributed by atoms with Gasteiger partial charge in [-0.3, -0.25) is 0 Å². The van der Waals surface area contributed by atoms with Gasteiger partial charge in [-0.1, -0.05) is 90.8 Å². The zero-order valence-electron chi connectivity index (χ0n) is 23.3. The molecule has 0 bridgehead atoms. The summed E-state index contributed by atoms with van der Waals surface area (Å²) in [5.74, 6) is 2.06. The van der Waals surface area contributed by atoms with E-state index in [2.05, 4.69) is 109 Å². The van der Waals surface area contributed by atoms with E-state index in [1.165, 1.54) is 44.8 Å². The topological polar surface area (TPSA) is 36.1 Å². The SMILES string of the molecule is Cc1cc(C(C)C)c(NCCNCCNc2c(C(C)C)cc(C)cc2C(C)C)c(C(C)C)c1.[Fe]. The van der Waals surface area contributed by atoms with Gasteiger partial charge in [-0.05, 0) is 59.8 Å². The normalized spacial score (nSPS) is 11.5. The van der Waals surface area contributed by atoms with Gasteiger partial charge >= 0.3 is 0 Å². The Labute approximate surface area is 220 Å². The molecule has 3 nitrogen and oxygen atoms in total. The molecular weight excluding hydrogens is 458 g/mol. The van der Waals surface area contributed by atoms with Crippen LogP contribution in [0.2, 0.25) is 0 Å². The van der Waals surface area contributed by atoms with E-state index in [0.717, 1.165) is 26.2 Å². The molecule has 0 aromatic heterocycles. The summed E-state index contributed by atoms with van der Waals surface area (Å²) in [6.07, 6.45) is 0. The third-order valence-electron chi connectivity index (χ3n) is 6.38. The average Bonchev–Trinajstić information content (AvgIpc) is 2.73. The number of anilines is 2. The van der Waals surface area contributed by atoms with E-state index >= 15 is 0 Å². The van der Waals surface area contributed by atoms with Crippen LogP contribution in [0.1, 0.15) is 112 Å². The minimum absolute atomic E-state index is 0. The molecule has 2 rings (SSSR count). The van der Waals surface area contributed by atoms with Gasteiger partial charge in [0.05, 0.1) is 0 Å². The van der Waals surface area contributed by atoms with Crippen molar-refractivity contribution >= 4 is 11.4 Å². The minimum atomic E-state index is 0. The molecule has 192 valence electrons. The predicted octanol–water partition coefficient (Wildman–Crippen LogP) is 7.91. The van der Waals surface area contributed by atoms with Gasteiger partial charge in [0.2, 0.25) is 0 Å². The van der Waals surface area contributed by atoms with Crippen LogP contribution >= 0.6 is 0 Å². The van der Waals surface area contributed by atoms with Crippen molar-refractivity contribution in [3.8, 4) is 0 Å². The Bertz CT molecular complexity index is 768. The molecule has 0 unspecified atom stereocenters. The second kappa shape index (κ2) is 14.2. The van der Waals surface area contributed by atoms with Crippen molar-refractivity contribution < 1.29 is 17.1 Å². The Morgan fingerprint density at radius 2 is 0.765 bits per heavy atom. The number of hydrogen-bond acceptors (Lipinski definition) is 3. The summed E-state index contributed by atoms with van der Waals surface area (Å²) < 4.78 is 0. The molecule has 0 fully saturated rings. The molecule has 2 aromatic carbocycles. The van der Waals surface area contributed by atoms with Crippen molar-refractivity contribution in [2.75, 3.05) is 36.8 Å². The van der Waals surface area contributed by atoms with Crippen LogP contribution in [-0.2, 0) is 17.1 Å². The first-order valence-electron chi connectivity index (χ1n) is 13.0. The Balaban J connectivity index is 0.00000578. The zero-order valence-corrected chi connectivity index (χ0v) is 24.4. The first-order chi connectivity index (χ1) is 15.5. The van der Waals surface area contributed by atoms with Crippen LogP contribution in [0.15, 0.2) is 24.3 Å². The van der Waals surface area contributed by atoms with Crippen LogP contribution in [0, 0.1) is 13.8 Å². The number of rotatable bonds is 12. The fourth-order valence-electron chi connectivity index (χ4n) is 4.59. The summed E-state index contributed by atoms with van der Waals surface area (Å²) in [5, 5.41) is 11.1. The van der Waals surface area contributed by atoms with Crippen LogP contribution in [0.25, 0.3) is 0 Å². The first kappa shape index (κ1) is 30.6. The summed E-state index contributed by atoms with van der Waals surface area (Å²) in [5.41, 5.74) is 11.1. The summed E-state index contributed by atoms with van der Waals surface area (Å²) in [6, 6.07) is 9.37. The van der Waals surface area contributed by atoms with E-state index < -0.39 is 0 Å². The molecule has 0 atom stereocenters. The van der Waals surface area contributed by atoms with Crippen molar-refractivity contribution in [3.63, 3.8) is 0 Å². The van der Waals surface area contributed by atoms with Crippen LogP contribution in [0.3, 0.4) is 0 Å².